The summed E-state index contributed by atoms with van der Waals surface area (Å²) in [5.74, 6) is -0.668. The Balaban J connectivity index is 2.54. The Kier molecular flexibility index (Phi) is 5.67. The van der Waals surface area contributed by atoms with E-state index in [-0.39, 0.29) is 4.90 Å². The van der Waals surface area contributed by atoms with E-state index in [4.69, 9.17) is 11.6 Å². The molecule has 23 heavy (non-hydrogen) atoms. The number of hydrogen-bond acceptors (Lipinski definition) is 4. The molecule has 122 valence electrons. The maximum atomic E-state index is 12.9. The summed E-state index contributed by atoms with van der Waals surface area (Å²) in [7, 11) is -2.75. The van der Waals surface area contributed by atoms with Crippen molar-refractivity contribution >= 4 is 49.2 Å². The largest absolute Gasteiger partial charge is 0.468 e. The Morgan fingerprint density at radius 1 is 1.17 bits per heavy atom. The highest BCUT2D eigenvalue weighted by Crippen LogP contribution is 2.30. The second kappa shape index (κ2) is 7.33. The number of halogens is 2. The highest BCUT2D eigenvalue weighted by molar-refractivity contribution is 9.10. The number of benzene rings is 2. The predicted molar refractivity (Wildman–Crippen MR) is 92.1 cm³/mol. The van der Waals surface area contributed by atoms with Crippen LogP contribution in [-0.2, 0) is 19.6 Å². The van der Waals surface area contributed by atoms with Crippen molar-refractivity contribution in [1.29, 1.82) is 0 Å². The molecule has 0 aliphatic rings. The molecule has 0 heterocycles. The summed E-state index contributed by atoms with van der Waals surface area (Å²) >= 11 is 9.11. The molecule has 0 atom stereocenters. The van der Waals surface area contributed by atoms with Crippen LogP contribution in [0.1, 0.15) is 0 Å². The number of hydrogen-bond donors (Lipinski definition) is 0. The Morgan fingerprint density at radius 2 is 1.78 bits per heavy atom. The van der Waals surface area contributed by atoms with Crippen molar-refractivity contribution in [1.82, 2.24) is 0 Å². The van der Waals surface area contributed by atoms with E-state index < -0.39 is 22.5 Å². The number of methoxy groups -OCH3 is 1. The van der Waals surface area contributed by atoms with Crippen molar-refractivity contribution in [3.8, 4) is 0 Å². The molecule has 0 spiro atoms. The quantitative estimate of drug-likeness (QED) is 0.698. The van der Waals surface area contributed by atoms with Gasteiger partial charge in [0.15, 0.2) is 0 Å². The van der Waals surface area contributed by atoms with Crippen LogP contribution in [0.3, 0.4) is 0 Å². The van der Waals surface area contributed by atoms with Crippen LogP contribution in [0.15, 0.2) is 57.9 Å². The zero-order valence-electron chi connectivity index (χ0n) is 12.1. The minimum atomic E-state index is -3.95. The van der Waals surface area contributed by atoms with Crippen molar-refractivity contribution in [3.63, 3.8) is 0 Å². The molecular formula is C15H13BrClNO4S. The van der Waals surface area contributed by atoms with Crippen LogP contribution in [0.4, 0.5) is 5.69 Å². The summed E-state index contributed by atoms with van der Waals surface area (Å²) in [5.41, 5.74) is 0.341. The van der Waals surface area contributed by atoms with Gasteiger partial charge in [0.1, 0.15) is 6.54 Å². The van der Waals surface area contributed by atoms with Crippen molar-refractivity contribution < 1.29 is 17.9 Å². The zero-order chi connectivity index (χ0) is 17.0. The third-order valence-corrected chi connectivity index (χ3v) is 5.72. The van der Waals surface area contributed by atoms with E-state index in [0.29, 0.717) is 15.2 Å². The van der Waals surface area contributed by atoms with Crippen LogP contribution in [0.2, 0.25) is 5.02 Å². The van der Waals surface area contributed by atoms with Crippen molar-refractivity contribution in [2.24, 2.45) is 0 Å². The number of carbonyl (C=O) groups excluding carboxylic acids is 1. The molecule has 0 amide bonds. The van der Waals surface area contributed by atoms with E-state index in [0.717, 1.165) is 4.31 Å². The topological polar surface area (TPSA) is 63.7 Å². The molecule has 0 aromatic heterocycles. The number of anilines is 1. The fourth-order valence-corrected chi connectivity index (χ4v) is 4.04. The molecule has 2 rings (SSSR count). The van der Waals surface area contributed by atoms with Gasteiger partial charge in [0.2, 0.25) is 0 Å². The Bertz CT molecular complexity index is 808. The first-order valence-corrected chi connectivity index (χ1v) is 9.07. The summed E-state index contributed by atoms with van der Waals surface area (Å²) in [6.45, 7) is -0.440. The smallest absolute Gasteiger partial charge is 0.326 e. The number of ether oxygens (including phenoxy) is 1. The average molecular weight is 419 g/mol. The SMILES string of the molecule is COC(=O)CN(c1ccccc1Br)S(=O)(=O)c1ccc(Cl)cc1. The van der Waals surface area contributed by atoms with Crippen LogP contribution in [-0.4, -0.2) is 28.0 Å². The number of rotatable bonds is 5. The molecule has 0 bridgehead atoms. The number of sulfonamides is 1. The van der Waals surface area contributed by atoms with Gasteiger partial charge in [-0.15, -0.1) is 0 Å². The number of para-hydroxylation sites is 1. The highest BCUT2D eigenvalue weighted by atomic mass is 79.9. The van der Waals surface area contributed by atoms with Gasteiger partial charge in [-0.05, 0) is 52.3 Å². The maximum absolute atomic E-state index is 12.9. The summed E-state index contributed by atoms with van der Waals surface area (Å²) in [6.07, 6.45) is 0. The van der Waals surface area contributed by atoms with Crippen LogP contribution in [0, 0.1) is 0 Å². The number of esters is 1. The van der Waals surface area contributed by atoms with Gasteiger partial charge in [-0.1, -0.05) is 23.7 Å². The van der Waals surface area contributed by atoms with Gasteiger partial charge in [-0.2, -0.15) is 0 Å². The molecule has 2 aromatic rings. The molecule has 0 fully saturated rings. The van der Waals surface area contributed by atoms with E-state index in [1.54, 1.807) is 24.3 Å². The second-order valence-electron chi connectivity index (χ2n) is 4.49. The summed E-state index contributed by atoms with van der Waals surface area (Å²) in [5, 5.41) is 0.421. The highest BCUT2D eigenvalue weighted by Gasteiger charge is 2.28. The van der Waals surface area contributed by atoms with Gasteiger partial charge in [0.25, 0.3) is 10.0 Å². The lowest BCUT2D eigenvalue weighted by Gasteiger charge is -2.24. The molecule has 0 saturated carbocycles. The molecule has 2 aromatic carbocycles. The van der Waals surface area contributed by atoms with Crippen molar-refractivity contribution in [2.45, 2.75) is 4.90 Å². The summed E-state index contributed by atoms with van der Waals surface area (Å²) < 4.78 is 31.9. The van der Waals surface area contributed by atoms with Gasteiger partial charge in [-0.25, -0.2) is 8.42 Å². The van der Waals surface area contributed by atoms with Gasteiger partial charge in [-0.3, -0.25) is 9.10 Å². The van der Waals surface area contributed by atoms with E-state index in [1.165, 1.54) is 31.4 Å². The monoisotopic (exact) mass is 417 g/mol. The van der Waals surface area contributed by atoms with E-state index >= 15 is 0 Å². The molecule has 0 saturated heterocycles. The maximum Gasteiger partial charge on any atom is 0.326 e. The van der Waals surface area contributed by atoms with Gasteiger partial charge >= 0.3 is 5.97 Å². The van der Waals surface area contributed by atoms with Crippen molar-refractivity contribution in [2.75, 3.05) is 18.0 Å². The molecule has 0 radical (unpaired) electrons. The molecule has 0 N–H and O–H groups in total. The van der Waals surface area contributed by atoms with Crippen LogP contribution in [0.5, 0.6) is 0 Å². The van der Waals surface area contributed by atoms with Gasteiger partial charge < -0.3 is 4.74 Å². The predicted octanol–water partition coefficient (Wildman–Crippen LogP) is 3.47. The Labute approximate surface area is 148 Å². The van der Waals surface area contributed by atoms with Gasteiger partial charge in [0, 0.05) is 9.50 Å². The first kappa shape index (κ1) is 17.8. The molecule has 8 heteroatoms. The lowest BCUT2D eigenvalue weighted by Crippen LogP contribution is -2.36. The summed E-state index contributed by atoms with van der Waals surface area (Å²) in [4.78, 5) is 11.7. The standard InChI is InChI=1S/C15H13BrClNO4S/c1-22-15(19)10-18(14-5-3-2-4-13(14)16)23(20,21)12-8-6-11(17)7-9-12/h2-9H,10H2,1H3. The average Bonchev–Trinajstić information content (AvgIpc) is 2.53. The van der Waals surface area contributed by atoms with Gasteiger partial charge in [0.05, 0.1) is 17.7 Å². The fraction of sp³-hybridized carbons (Fsp3) is 0.133. The van der Waals surface area contributed by atoms with Crippen LogP contribution < -0.4 is 4.31 Å². The lowest BCUT2D eigenvalue weighted by atomic mass is 10.3. The second-order valence-corrected chi connectivity index (χ2v) is 7.65. The first-order valence-electron chi connectivity index (χ1n) is 6.46. The molecule has 5 nitrogen and oxygen atoms in total. The number of carbonyl (C=O) groups is 1. The van der Waals surface area contributed by atoms with Crippen molar-refractivity contribution in [3.05, 3.63) is 58.0 Å². The third kappa shape index (κ3) is 4.04. The van der Waals surface area contributed by atoms with E-state index in [9.17, 15) is 13.2 Å². The minimum Gasteiger partial charge on any atom is -0.468 e. The lowest BCUT2D eigenvalue weighted by molar-refractivity contribution is -0.138. The first-order chi connectivity index (χ1) is 10.9. The fourth-order valence-electron chi connectivity index (χ4n) is 1.87. The van der Waals surface area contributed by atoms with Crippen LogP contribution in [0.25, 0.3) is 0 Å². The van der Waals surface area contributed by atoms with E-state index in [2.05, 4.69) is 20.7 Å². The Hall–Kier alpha value is -1.57. The number of nitrogens with zero attached hydrogens (tertiary/aromatic N) is 1. The normalized spacial score (nSPS) is 11.1. The minimum absolute atomic E-state index is 0.0292. The molecular weight excluding hydrogens is 406 g/mol. The van der Waals surface area contributed by atoms with Crippen LogP contribution >= 0.6 is 27.5 Å². The zero-order valence-corrected chi connectivity index (χ0v) is 15.2. The summed E-state index contributed by atoms with van der Waals surface area (Å²) in [6, 6.07) is 12.4. The third-order valence-electron chi connectivity index (χ3n) is 3.02. The Morgan fingerprint density at radius 3 is 2.35 bits per heavy atom. The molecule has 0 aliphatic heterocycles. The molecule has 0 aliphatic carbocycles. The van der Waals surface area contributed by atoms with E-state index in [1.807, 2.05) is 0 Å². The molecule has 0 unspecified atom stereocenters.